The van der Waals surface area contributed by atoms with Gasteiger partial charge in [-0.25, -0.2) is 9.69 Å². The number of hydrogen-bond acceptors (Lipinski definition) is 5. The monoisotopic (exact) mass is 528 g/mol. The molecule has 7 nitrogen and oxygen atoms in total. The third-order valence-electron chi connectivity index (χ3n) is 7.12. The molecule has 0 bridgehead atoms. The minimum Gasteiger partial charge on any atom is -0.469 e. The average molecular weight is 529 g/mol. The summed E-state index contributed by atoms with van der Waals surface area (Å²) in [4.78, 5) is 30.1. The Morgan fingerprint density at radius 1 is 1.00 bits per heavy atom. The molecule has 1 heterocycles. The predicted molar refractivity (Wildman–Crippen MR) is 147 cm³/mol. The van der Waals surface area contributed by atoms with Gasteiger partial charge >= 0.3 is 6.03 Å². The average Bonchev–Trinajstić information content (AvgIpc) is 2.86. The Hall–Kier alpha value is -2.63. The van der Waals surface area contributed by atoms with Crippen LogP contribution in [0.4, 0.5) is 4.79 Å². The van der Waals surface area contributed by atoms with Crippen molar-refractivity contribution in [3.05, 3.63) is 65.2 Å². The number of rotatable bonds is 12. The second-order valence-electron chi connectivity index (χ2n) is 9.93. The lowest BCUT2D eigenvalue weighted by Crippen LogP contribution is -2.73. The molecule has 0 saturated carbocycles. The summed E-state index contributed by atoms with van der Waals surface area (Å²) in [5.74, 6) is 0.381. The Bertz CT molecular complexity index is 1110. The van der Waals surface area contributed by atoms with Crippen LogP contribution in [0.15, 0.2) is 48.5 Å². The van der Waals surface area contributed by atoms with Crippen molar-refractivity contribution in [1.82, 2.24) is 9.80 Å². The number of likely N-dealkylation sites (tertiary alicyclic amines) is 1. The topological polar surface area (TPSA) is 76.2 Å². The van der Waals surface area contributed by atoms with Crippen LogP contribution in [-0.2, 0) is 26.6 Å². The zero-order chi connectivity index (χ0) is 27.2. The van der Waals surface area contributed by atoms with Gasteiger partial charge in [0.05, 0.1) is 6.61 Å². The summed E-state index contributed by atoms with van der Waals surface area (Å²) in [5.41, 5.74) is 2.31. The first-order valence-corrected chi connectivity index (χ1v) is 15.5. The fraction of sp³-hybridized carbons (Fsp3) is 0.517. The van der Waals surface area contributed by atoms with Crippen LogP contribution in [0.25, 0.3) is 0 Å². The fourth-order valence-corrected chi connectivity index (χ4v) is 6.43. The van der Waals surface area contributed by atoms with E-state index in [2.05, 4.69) is 0 Å². The summed E-state index contributed by atoms with van der Waals surface area (Å²) in [7, 11) is -2.71. The summed E-state index contributed by atoms with van der Waals surface area (Å²) in [5, 5.41) is 0. The Morgan fingerprint density at radius 2 is 1.59 bits per heavy atom. The minimum atomic E-state index is -2.71. The van der Waals surface area contributed by atoms with E-state index in [0.29, 0.717) is 44.4 Å². The maximum Gasteiger partial charge on any atom is 0.330 e. The van der Waals surface area contributed by atoms with Crippen molar-refractivity contribution >= 4 is 19.3 Å². The molecule has 0 spiro atoms. The molecule has 8 heteroatoms. The summed E-state index contributed by atoms with van der Waals surface area (Å²) >= 11 is 0. The second-order valence-corrected chi connectivity index (χ2v) is 12.5. The number of imide groups is 1. The Labute approximate surface area is 221 Å². The highest BCUT2D eigenvalue weighted by Gasteiger charge is 2.63. The zero-order valence-electron chi connectivity index (χ0n) is 23.0. The zero-order valence-corrected chi connectivity index (χ0v) is 23.9. The van der Waals surface area contributed by atoms with Gasteiger partial charge in [-0.15, -0.1) is 0 Å². The molecular weight excluding hydrogens is 487 g/mol. The van der Waals surface area contributed by atoms with Gasteiger partial charge in [-0.1, -0.05) is 62.7 Å². The van der Waals surface area contributed by atoms with E-state index < -0.39 is 19.0 Å². The highest BCUT2D eigenvalue weighted by atomic mass is 31.2. The summed E-state index contributed by atoms with van der Waals surface area (Å²) in [6.45, 7) is 12.8. The molecule has 2 atom stereocenters. The molecule has 0 N–H and O–H groups in total. The van der Waals surface area contributed by atoms with Crippen molar-refractivity contribution in [3.8, 4) is 5.75 Å². The van der Waals surface area contributed by atoms with Crippen molar-refractivity contribution in [2.24, 2.45) is 5.41 Å². The SMILES string of the molecule is CCCN(Cc1ccc(C)cc1)C(=O)N1C(=O)C(CC)(CC)C1Oc1ccc(CP(C)(=O)OCC)cc1. The van der Waals surface area contributed by atoms with Crippen molar-refractivity contribution in [2.45, 2.75) is 72.8 Å². The van der Waals surface area contributed by atoms with E-state index in [0.717, 1.165) is 23.1 Å². The second kappa shape index (κ2) is 12.3. The van der Waals surface area contributed by atoms with Crippen LogP contribution < -0.4 is 4.74 Å². The first-order valence-electron chi connectivity index (χ1n) is 13.3. The Kier molecular flexibility index (Phi) is 9.60. The molecule has 0 aromatic heterocycles. The van der Waals surface area contributed by atoms with Crippen molar-refractivity contribution in [3.63, 3.8) is 0 Å². The Morgan fingerprint density at radius 3 is 2.14 bits per heavy atom. The van der Waals surface area contributed by atoms with Crippen LogP contribution in [0.2, 0.25) is 0 Å². The van der Waals surface area contributed by atoms with Gasteiger partial charge in [0, 0.05) is 25.9 Å². The van der Waals surface area contributed by atoms with Gasteiger partial charge in [0.2, 0.25) is 13.3 Å². The lowest BCUT2D eigenvalue weighted by Gasteiger charge is -2.54. The number of benzene rings is 2. The maximum absolute atomic E-state index is 13.7. The summed E-state index contributed by atoms with van der Waals surface area (Å²) < 4.78 is 24.3. The van der Waals surface area contributed by atoms with Crippen LogP contribution in [0.3, 0.4) is 0 Å². The molecule has 2 aromatic carbocycles. The van der Waals surface area contributed by atoms with Gasteiger partial charge in [0.1, 0.15) is 11.2 Å². The third-order valence-corrected chi connectivity index (χ3v) is 8.86. The molecule has 1 aliphatic heterocycles. The van der Waals surface area contributed by atoms with E-state index in [1.54, 1.807) is 23.7 Å². The van der Waals surface area contributed by atoms with Gasteiger partial charge < -0.3 is 14.2 Å². The molecule has 2 unspecified atom stereocenters. The van der Waals surface area contributed by atoms with E-state index in [1.165, 1.54) is 4.90 Å². The number of aryl methyl sites for hydroxylation is 1. The van der Waals surface area contributed by atoms with Gasteiger partial charge in [-0.3, -0.25) is 9.36 Å². The van der Waals surface area contributed by atoms with Crippen molar-refractivity contribution in [2.75, 3.05) is 19.8 Å². The fourth-order valence-electron chi connectivity index (χ4n) is 4.92. The molecule has 1 fully saturated rings. The van der Waals surface area contributed by atoms with Crippen LogP contribution >= 0.6 is 7.37 Å². The number of amides is 3. The number of ether oxygens (including phenoxy) is 1. The molecule has 2 aromatic rings. The maximum atomic E-state index is 13.7. The summed E-state index contributed by atoms with van der Waals surface area (Å²) in [6.07, 6.45) is 1.59. The quantitative estimate of drug-likeness (QED) is 0.223. The molecule has 0 radical (unpaired) electrons. The number of carbonyl (C=O) groups excluding carboxylic acids is 2. The van der Waals surface area contributed by atoms with E-state index >= 15 is 0 Å². The van der Waals surface area contributed by atoms with Crippen molar-refractivity contribution < 1.29 is 23.4 Å². The highest BCUT2D eigenvalue weighted by molar-refractivity contribution is 7.57. The number of hydrogen-bond donors (Lipinski definition) is 0. The number of β-lactam (4-membered cyclic amide) rings is 1. The minimum absolute atomic E-state index is 0.183. The van der Waals surface area contributed by atoms with Gasteiger partial charge in [-0.2, -0.15) is 0 Å². The first kappa shape index (κ1) is 28.9. The molecule has 3 rings (SSSR count). The van der Waals surface area contributed by atoms with Crippen LogP contribution in [0.1, 0.15) is 63.6 Å². The molecule has 1 saturated heterocycles. The number of carbonyl (C=O) groups is 2. The lowest BCUT2D eigenvalue weighted by atomic mass is 9.72. The standard InChI is InChI=1S/C29H41N2O5P/c1-7-19-30(20-23-13-11-22(5)12-14-23)28(33)31-26(32)29(8-2,9-3)27(31)36-25-17-15-24(16-18-25)21-37(6,34)35-10-4/h11-18,27H,7-10,19-21H2,1-6H3. The van der Waals surface area contributed by atoms with Crippen molar-refractivity contribution in [1.29, 1.82) is 0 Å². The lowest BCUT2D eigenvalue weighted by molar-refractivity contribution is -0.192. The Balaban J connectivity index is 1.82. The van der Waals surface area contributed by atoms with E-state index in [9.17, 15) is 14.2 Å². The molecule has 202 valence electrons. The van der Waals surface area contributed by atoms with E-state index in [4.69, 9.17) is 9.26 Å². The molecule has 1 aliphatic rings. The first-order chi connectivity index (χ1) is 17.6. The molecule has 37 heavy (non-hydrogen) atoms. The molecule has 0 aliphatic carbocycles. The van der Waals surface area contributed by atoms with Gasteiger partial charge in [0.15, 0.2) is 6.23 Å². The van der Waals surface area contributed by atoms with E-state index in [1.807, 2.05) is 71.0 Å². The normalized spacial score (nSPS) is 18.2. The summed E-state index contributed by atoms with van der Waals surface area (Å²) in [6, 6.07) is 15.1. The third kappa shape index (κ3) is 6.45. The van der Waals surface area contributed by atoms with Gasteiger partial charge in [0.25, 0.3) is 0 Å². The van der Waals surface area contributed by atoms with Crippen LogP contribution in [0.5, 0.6) is 5.75 Å². The number of urea groups is 1. The smallest absolute Gasteiger partial charge is 0.330 e. The molecule has 3 amide bonds. The highest BCUT2D eigenvalue weighted by Crippen LogP contribution is 2.48. The van der Waals surface area contributed by atoms with Crippen LogP contribution in [-0.4, -0.2) is 47.8 Å². The largest absolute Gasteiger partial charge is 0.469 e. The van der Waals surface area contributed by atoms with Crippen LogP contribution in [0, 0.1) is 12.3 Å². The molecular formula is C29H41N2O5P. The van der Waals surface area contributed by atoms with Gasteiger partial charge in [-0.05, 0) is 56.4 Å². The number of nitrogens with zero attached hydrogens (tertiary/aromatic N) is 2. The van der Waals surface area contributed by atoms with E-state index in [-0.39, 0.29) is 11.9 Å². The predicted octanol–water partition coefficient (Wildman–Crippen LogP) is 6.83.